The first kappa shape index (κ1) is 33.4. The molecule has 0 saturated carbocycles. The molecule has 5 rings (SSSR count). The van der Waals surface area contributed by atoms with Gasteiger partial charge in [-0.05, 0) is 47.2 Å². The van der Waals surface area contributed by atoms with Gasteiger partial charge in [0.2, 0.25) is 0 Å². The molecule has 2 aromatic heterocycles. The standard InChI is InChI=1S/C28H29N5O6S4.ClH/c34-27(21-7-1-3-9-23(21)30-42(36,37)25-11-5-19-40-25)29-13-14-32-15-17-33(18-16-32)28(35)22-8-2-4-10-24(22)31-43(38,39)26-12-6-20-41-26;/h1-12,19-20,30-31H,13-18H2,(H,29,34);1H/p-1. The number of thiophene rings is 2. The Balaban J connectivity index is 0.00000442. The molecule has 0 radical (unpaired) electrons. The van der Waals surface area contributed by atoms with E-state index in [4.69, 9.17) is 0 Å². The number of halogens is 1. The zero-order valence-electron chi connectivity index (χ0n) is 23.2. The highest BCUT2D eigenvalue weighted by Gasteiger charge is 2.26. The second-order valence-corrected chi connectivity index (χ2v) is 15.3. The zero-order valence-corrected chi connectivity index (χ0v) is 27.2. The van der Waals surface area contributed by atoms with E-state index in [0.717, 1.165) is 22.7 Å². The molecule has 2 aromatic carbocycles. The second-order valence-electron chi connectivity index (χ2n) is 9.56. The minimum Gasteiger partial charge on any atom is -1.00 e. The van der Waals surface area contributed by atoms with Crippen LogP contribution in [0, 0.1) is 0 Å². The molecule has 44 heavy (non-hydrogen) atoms. The summed E-state index contributed by atoms with van der Waals surface area (Å²) in [6.45, 7) is 2.88. The van der Waals surface area contributed by atoms with Crippen molar-refractivity contribution < 1.29 is 38.8 Å². The molecule has 0 unspecified atom stereocenters. The molecule has 0 bridgehead atoms. The van der Waals surface area contributed by atoms with Gasteiger partial charge in [0.05, 0.1) is 22.5 Å². The molecule has 1 fully saturated rings. The van der Waals surface area contributed by atoms with Crippen LogP contribution in [0.2, 0.25) is 0 Å². The Morgan fingerprint density at radius 2 is 1.18 bits per heavy atom. The van der Waals surface area contributed by atoms with E-state index in [9.17, 15) is 26.4 Å². The molecule has 11 nitrogen and oxygen atoms in total. The van der Waals surface area contributed by atoms with Crippen molar-refractivity contribution in [3.05, 3.63) is 94.7 Å². The number of para-hydroxylation sites is 2. The van der Waals surface area contributed by atoms with E-state index < -0.39 is 26.0 Å². The Kier molecular flexibility index (Phi) is 11.0. The summed E-state index contributed by atoms with van der Waals surface area (Å²) in [5.41, 5.74) is 0.908. The van der Waals surface area contributed by atoms with E-state index in [1.54, 1.807) is 76.3 Å². The number of nitrogens with one attached hydrogen (secondary N) is 3. The maximum Gasteiger partial charge on any atom is 0.271 e. The number of piperazine rings is 1. The van der Waals surface area contributed by atoms with Crippen molar-refractivity contribution in [1.29, 1.82) is 0 Å². The van der Waals surface area contributed by atoms with Gasteiger partial charge in [-0.1, -0.05) is 36.4 Å². The van der Waals surface area contributed by atoms with Crippen LogP contribution in [-0.4, -0.2) is 77.7 Å². The predicted octanol–water partition coefficient (Wildman–Crippen LogP) is 0.603. The number of rotatable bonds is 11. The average molecular weight is 695 g/mol. The van der Waals surface area contributed by atoms with Crippen LogP contribution in [-0.2, 0) is 20.0 Å². The van der Waals surface area contributed by atoms with E-state index in [-0.39, 0.29) is 49.2 Å². The number of sulfonamides is 2. The summed E-state index contributed by atoms with van der Waals surface area (Å²) in [5, 5.41) is 6.19. The number of amides is 2. The number of hydrogen-bond acceptors (Lipinski definition) is 9. The van der Waals surface area contributed by atoms with E-state index in [2.05, 4.69) is 19.7 Å². The summed E-state index contributed by atoms with van der Waals surface area (Å²) in [4.78, 5) is 30.1. The number of carbonyl (C=O) groups is 2. The van der Waals surface area contributed by atoms with Crippen LogP contribution in [0.4, 0.5) is 11.4 Å². The highest BCUT2D eigenvalue weighted by Crippen LogP contribution is 2.25. The summed E-state index contributed by atoms with van der Waals surface area (Å²) >= 11 is 2.18. The second kappa shape index (κ2) is 14.5. The van der Waals surface area contributed by atoms with Gasteiger partial charge in [0.1, 0.15) is 8.42 Å². The van der Waals surface area contributed by atoms with E-state index in [0.29, 0.717) is 39.3 Å². The SMILES string of the molecule is O=C(NCCN1CCN(C(=O)c2ccccc2NS(=O)(=O)c2cccs2)CC1)c1ccccc1NS(=O)(=O)c1cccs1.[Cl-]. The summed E-state index contributed by atoms with van der Waals surface area (Å²) in [6, 6.07) is 19.3. The summed E-state index contributed by atoms with van der Waals surface area (Å²) in [5.74, 6) is -0.668. The number of anilines is 2. The number of benzene rings is 2. The molecule has 2 amide bonds. The fraction of sp³-hybridized carbons (Fsp3) is 0.214. The molecule has 0 spiro atoms. The highest BCUT2D eigenvalue weighted by atomic mass is 35.5. The molecule has 4 aromatic rings. The Morgan fingerprint density at radius 1 is 0.682 bits per heavy atom. The van der Waals surface area contributed by atoms with Crippen LogP contribution >= 0.6 is 22.7 Å². The van der Waals surface area contributed by atoms with Crippen LogP contribution in [0.25, 0.3) is 0 Å². The first-order valence-electron chi connectivity index (χ1n) is 13.2. The van der Waals surface area contributed by atoms with Gasteiger partial charge in [0, 0.05) is 39.3 Å². The van der Waals surface area contributed by atoms with E-state index in [1.807, 2.05) is 0 Å². The molecule has 3 heterocycles. The first-order chi connectivity index (χ1) is 20.6. The predicted molar refractivity (Wildman–Crippen MR) is 168 cm³/mol. The molecule has 1 aliphatic rings. The Labute approximate surface area is 270 Å². The highest BCUT2D eigenvalue weighted by molar-refractivity contribution is 7.95. The van der Waals surface area contributed by atoms with Crippen molar-refractivity contribution in [2.75, 3.05) is 48.7 Å². The van der Waals surface area contributed by atoms with Crippen LogP contribution in [0.15, 0.2) is 92.0 Å². The molecular formula is C28H29ClN5O6S4-. The smallest absolute Gasteiger partial charge is 0.271 e. The van der Waals surface area contributed by atoms with Crippen LogP contribution in [0.1, 0.15) is 20.7 Å². The third-order valence-electron chi connectivity index (χ3n) is 6.71. The number of carbonyl (C=O) groups excluding carboxylic acids is 2. The Hall–Kier alpha value is -3.47. The lowest BCUT2D eigenvalue weighted by atomic mass is 10.1. The monoisotopic (exact) mass is 694 g/mol. The van der Waals surface area contributed by atoms with E-state index >= 15 is 0 Å². The lowest BCUT2D eigenvalue weighted by Gasteiger charge is -2.35. The molecule has 1 saturated heterocycles. The van der Waals surface area contributed by atoms with Gasteiger partial charge < -0.3 is 22.6 Å². The number of nitrogens with zero attached hydrogens (tertiary/aromatic N) is 2. The molecule has 0 aliphatic carbocycles. The van der Waals surface area contributed by atoms with Crippen molar-refractivity contribution in [3.63, 3.8) is 0 Å². The maximum absolute atomic E-state index is 13.3. The third-order valence-corrected chi connectivity index (χ3v) is 12.2. The zero-order chi connectivity index (χ0) is 30.5. The minimum atomic E-state index is -3.80. The van der Waals surface area contributed by atoms with Gasteiger partial charge >= 0.3 is 0 Å². The van der Waals surface area contributed by atoms with Gasteiger partial charge in [0.25, 0.3) is 31.9 Å². The minimum absolute atomic E-state index is 0. The largest absolute Gasteiger partial charge is 1.00 e. The Bertz CT molecular complexity index is 1790. The molecule has 1 aliphatic heterocycles. The summed E-state index contributed by atoms with van der Waals surface area (Å²) < 4.78 is 56.1. The van der Waals surface area contributed by atoms with Gasteiger partial charge in [-0.3, -0.25) is 23.9 Å². The van der Waals surface area contributed by atoms with Gasteiger partial charge in [0.15, 0.2) is 0 Å². The average Bonchev–Trinajstić information content (AvgIpc) is 3.74. The van der Waals surface area contributed by atoms with Gasteiger partial charge in [-0.2, -0.15) is 0 Å². The fourth-order valence-corrected chi connectivity index (χ4v) is 8.66. The molecular weight excluding hydrogens is 666 g/mol. The first-order valence-corrected chi connectivity index (χ1v) is 18.0. The van der Waals surface area contributed by atoms with Crippen LogP contribution in [0.5, 0.6) is 0 Å². The number of hydrogen-bond donors (Lipinski definition) is 3. The van der Waals surface area contributed by atoms with Crippen molar-refractivity contribution in [2.24, 2.45) is 0 Å². The Morgan fingerprint density at radius 3 is 1.70 bits per heavy atom. The van der Waals surface area contributed by atoms with Crippen molar-refractivity contribution in [1.82, 2.24) is 15.1 Å². The van der Waals surface area contributed by atoms with Crippen molar-refractivity contribution in [3.8, 4) is 0 Å². The normalized spacial score (nSPS) is 14.0. The lowest BCUT2D eigenvalue weighted by Crippen LogP contribution is -3.00. The van der Waals surface area contributed by atoms with Crippen molar-refractivity contribution >= 4 is 65.9 Å². The maximum atomic E-state index is 13.3. The lowest BCUT2D eigenvalue weighted by molar-refractivity contribution is -0.0000325. The van der Waals surface area contributed by atoms with Gasteiger partial charge in [-0.15, -0.1) is 22.7 Å². The summed E-state index contributed by atoms with van der Waals surface area (Å²) in [6.07, 6.45) is 0. The quantitative estimate of drug-likeness (QED) is 0.209. The molecule has 0 atom stereocenters. The topological polar surface area (TPSA) is 145 Å². The van der Waals surface area contributed by atoms with Crippen LogP contribution < -0.4 is 27.2 Å². The molecule has 3 N–H and O–H groups in total. The van der Waals surface area contributed by atoms with Gasteiger partial charge in [-0.25, -0.2) is 16.8 Å². The van der Waals surface area contributed by atoms with E-state index in [1.165, 1.54) is 12.1 Å². The van der Waals surface area contributed by atoms with Crippen molar-refractivity contribution in [2.45, 2.75) is 8.42 Å². The van der Waals surface area contributed by atoms with Crippen LogP contribution in [0.3, 0.4) is 0 Å². The molecule has 234 valence electrons. The third kappa shape index (κ3) is 7.97. The molecule has 16 heteroatoms. The summed E-state index contributed by atoms with van der Waals surface area (Å²) in [7, 11) is -7.61. The fourth-order valence-electron chi connectivity index (χ4n) is 4.52.